The zero-order valence-electron chi connectivity index (χ0n) is 28.2. The normalized spacial score (nSPS) is 18.8. The van der Waals surface area contributed by atoms with Crippen molar-refractivity contribution in [2.75, 3.05) is 89.0 Å². The van der Waals surface area contributed by atoms with Crippen molar-refractivity contribution in [3.63, 3.8) is 0 Å². The second-order valence-electron chi connectivity index (χ2n) is 11.9. The minimum Gasteiger partial charge on any atom is -0.462 e. The lowest BCUT2D eigenvalue weighted by molar-refractivity contribution is 0.0531. The van der Waals surface area contributed by atoms with Gasteiger partial charge in [0.05, 0.1) is 41.2 Å². The highest BCUT2D eigenvalue weighted by molar-refractivity contribution is 7.17. The molecule has 13 nitrogen and oxygen atoms in total. The Balaban J connectivity index is 1.26. The number of piperidine rings is 1. The molecule has 0 radical (unpaired) electrons. The number of thiazole rings is 1. The molecular weight excluding hydrogens is 677 g/mol. The molecule has 16 heteroatoms. The lowest BCUT2D eigenvalue weighted by Crippen LogP contribution is -2.55. The fraction of sp³-hybridized carbons (Fsp3) is 0.594. The Morgan fingerprint density at radius 1 is 1.06 bits per heavy atom. The molecule has 48 heavy (non-hydrogen) atoms. The molecule has 0 aromatic carbocycles. The first-order valence-corrected chi connectivity index (χ1v) is 18.1. The molecule has 0 spiro atoms. The number of H-pyrrole nitrogens is 1. The third-order valence-corrected chi connectivity index (χ3v) is 11.1. The summed E-state index contributed by atoms with van der Waals surface area (Å²) in [7, 11) is 1.61. The molecule has 1 amide bonds. The second-order valence-corrected chi connectivity index (χ2v) is 13.6. The number of piperazine rings is 1. The molecule has 5 rings (SSSR count). The molecule has 0 aliphatic carbocycles. The number of anilines is 2. The minimum absolute atomic E-state index is 0.194. The quantitative estimate of drug-likeness (QED) is 0.246. The molecule has 2 aliphatic heterocycles. The summed E-state index contributed by atoms with van der Waals surface area (Å²) in [4.78, 5) is 53.0. The number of carbonyl (C=O) groups excluding carboxylic acids is 2. The van der Waals surface area contributed by atoms with E-state index in [2.05, 4.69) is 43.7 Å². The summed E-state index contributed by atoms with van der Waals surface area (Å²) < 4.78 is 11.2. The van der Waals surface area contributed by atoms with Gasteiger partial charge in [-0.3, -0.25) is 9.69 Å². The number of halogens is 2. The van der Waals surface area contributed by atoms with E-state index in [1.165, 1.54) is 11.3 Å². The lowest BCUT2D eigenvalue weighted by atomic mass is 10.0. The zero-order chi connectivity index (χ0) is 34.4. The molecular formula is C32H45Cl2N9O4S. The Bertz CT molecular complexity index is 1540. The number of carbonyl (C=O) groups is 2. The number of aryl methyl sites for hydroxylation is 1. The van der Waals surface area contributed by atoms with Gasteiger partial charge < -0.3 is 34.5 Å². The summed E-state index contributed by atoms with van der Waals surface area (Å²) in [6.45, 7) is 17.2. The average molecular weight is 723 g/mol. The van der Waals surface area contributed by atoms with Crippen LogP contribution in [0.25, 0.3) is 11.4 Å². The van der Waals surface area contributed by atoms with Crippen LogP contribution >= 0.6 is 34.5 Å². The first-order valence-electron chi connectivity index (χ1n) is 16.5. The summed E-state index contributed by atoms with van der Waals surface area (Å²) in [6.07, 6.45) is 3.68. The first-order chi connectivity index (χ1) is 23.2. The number of hydrogen-bond donors (Lipinski definition) is 2. The number of likely N-dealkylation sites (N-methyl/N-ethyl adjacent to an activating group) is 1. The molecule has 0 unspecified atom stereocenters. The largest absolute Gasteiger partial charge is 0.462 e. The minimum atomic E-state index is -0.454. The van der Waals surface area contributed by atoms with E-state index in [1.807, 2.05) is 0 Å². The van der Waals surface area contributed by atoms with Crippen molar-refractivity contribution in [3.05, 3.63) is 38.7 Å². The Morgan fingerprint density at radius 3 is 2.42 bits per heavy atom. The number of nitrogens with one attached hydrogen (secondary N) is 2. The summed E-state index contributed by atoms with van der Waals surface area (Å²) in [6, 6.07) is -0.274. The van der Waals surface area contributed by atoms with E-state index in [0.717, 1.165) is 58.2 Å². The van der Waals surface area contributed by atoms with Gasteiger partial charge in [0.2, 0.25) is 0 Å². The Hall–Kier alpha value is -3.01. The van der Waals surface area contributed by atoms with Crippen LogP contribution in [0.3, 0.4) is 0 Å². The first kappa shape index (κ1) is 36.3. The van der Waals surface area contributed by atoms with Crippen molar-refractivity contribution >= 4 is 57.4 Å². The van der Waals surface area contributed by atoms with E-state index in [-0.39, 0.29) is 35.4 Å². The number of aromatic amines is 1. The van der Waals surface area contributed by atoms with Gasteiger partial charge in [-0.15, -0.1) is 0 Å². The smallest absolute Gasteiger partial charge is 0.350 e. The van der Waals surface area contributed by atoms with Gasteiger partial charge in [-0.1, -0.05) is 48.4 Å². The maximum atomic E-state index is 13.1. The van der Waals surface area contributed by atoms with Gasteiger partial charge in [-0.2, -0.15) is 0 Å². The van der Waals surface area contributed by atoms with Crippen molar-refractivity contribution in [3.8, 4) is 11.4 Å². The second kappa shape index (κ2) is 16.6. The highest BCUT2D eigenvalue weighted by atomic mass is 35.5. The number of esters is 1. The van der Waals surface area contributed by atoms with Crippen LogP contribution in [-0.4, -0.2) is 133 Å². The summed E-state index contributed by atoms with van der Waals surface area (Å²) >= 11 is 13.7. The fourth-order valence-corrected chi connectivity index (χ4v) is 7.47. The lowest BCUT2D eigenvalue weighted by Gasteiger charge is -2.37. The van der Waals surface area contributed by atoms with E-state index in [0.29, 0.717) is 51.6 Å². The maximum Gasteiger partial charge on any atom is 0.350 e. The summed E-state index contributed by atoms with van der Waals surface area (Å²) in [5.74, 6) is 0.00130. The molecule has 0 saturated carbocycles. The Morgan fingerprint density at radius 2 is 1.81 bits per heavy atom. The van der Waals surface area contributed by atoms with E-state index in [4.69, 9.17) is 47.6 Å². The van der Waals surface area contributed by atoms with Gasteiger partial charge in [0.15, 0.2) is 5.13 Å². The van der Waals surface area contributed by atoms with Gasteiger partial charge in [0.25, 0.3) is 5.91 Å². The topological polar surface area (TPSA) is 132 Å². The number of methoxy groups -OCH3 is 1. The van der Waals surface area contributed by atoms with Crippen molar-refractivity contribution in [2.24, 2.45) is 0 Å². The molecule has 3 aromatic heterocycles. The van der Waals surface area contributed by atoms with Gasteiger partial charge in [0, 0.05) is 65.2 Å². The number of nitrogens with zero attached hydrogens (tertiary/aromatic N) is 7. The van der Waals surface area contributed by atoms with Crippen LogP contribution in [-0.2, 0) is 9.47 Å². The molecule has 2 saturated heterocycles. The number of ether oxygens (including phenoxy) is 2. The van der Waals surface area contributed by atoms with Crippen LogP contribution in [0.4, 0.5) is 10.9 Å². The van der Waals surface area contributed by atoms with E-state index in [9.17, 15) is 9.59 Å². The number of aromatic nitrogens is 4. The molecule has 0 bridgehead atoms. The molecule has 3 aromatic rings. The maximum absolute atomic E-state index is 13.1. The number of amides is 1. The highest BCUT2D eigenvalue weighted by Gasteiger charge is 2.34. The highest BCUT2D eigenvalue weighted by Crippen LogP contribution is 2.35. The zero-order valence-corrected chi connectivity index (χ0v) is 30.6. The SMILES string of the molecule is CCOC(=O)c1sc(N2CC[C@@H](NC(=O)c3[nH]c(C)c(Cl)c3Cl)[C@@H](OC)C2)nc1-c1cnc(N2CCN(CCN(CC)CC)CC2)cn1. The third-order valence-electron chi connectivity index (χ3n) is 9.01. The molecule has 262 valence electrons. The van der Waals surface area contributed by atoms with Crippen LogP contribution in [0.2, 0.25) is 10.0 Å². The van der Waals surface area contributed by atoms with E-state index < -0.39 is 5.97 Å². The standard InChI is InChI=1S/C32H45Cl2N9O4S/c1-6-40(7-2)11-12-41-13-15-42(16-14-41)24-18-35-22(17-36-24)27-29(31(45)47-8-3)48-32(39-27)43-10-9-21(23(19-43)46-5)38-30(44)28-26(34)25(33)20(4)37-28/h17-18,21,23,37H,6-16,19H2,1-5H3,(H,38,44)/t21-,23+/m1/s1. The van der Waals surface area contributed by atoms with Gasteiger partial charge in [-0.25, -0.2) is 19.7 Å². The fourth-order valence-electron chi connectivity index (χ4n) is 6.05. The predicted octanol–water partition coefficient (Wildman–Crippen LogP) is 4.21. The number of hydrogen-bond acceptors (Lipinski definition) is 12. The van der Waals surface area contributed by atoms with E-state index >= 15 is 0 Å². The van der Waals surface area contributed by atoms with Crippen LogP contribution in [0, 0.1) is 6.92 Å². The Kier molecular flexibility index (Phi) is 12.5. The molecule has 2 fully saturated rings. The van der Waals surface area contributed by atoms with Crippen molar-refractivity contribution < 1.29 is 19.1 Å². The number of rotatable bonds is 13. The Labute approximate surface area is 295 Å². The van der Waals surface area contributed by atoms with Crippen LogP contribution < -0.4 is 15.1 Å². The van der Waals surface area contributed by atoms with Crippen molar-refractivity contribution in [2.45, 2.75) is 46.3 Å². The average Bonchev–Trinajstić information content (AvgIpc) is 3.67. The van der Waals surface area contributed by atoms with Gasteiger partial charge in [0.1, 0.15) is 27.8 Å². The molecule has 2 atom stereocenters. The monoisotopic (exact) mass is 721 g/mol. The van der Waals surface area contributed by atoms with E-state index in [1.54, 1.807) is 33.4 Å². The third kappa shape index (κ3) is 8.23. The molecule has 2 aliphatic rings. The predicted molar refractivity (Wildman–Crippen MR) is 190 cm³/mol. The molecule has 5 heterocycles. The molecule has 2 N–H and O–H groups in total. The summed E-state index contributed by atoms with van der Waals surface area (Å²) in [5.41, 5.74) is 1.79. The van der Waals surface area contributed by atoms with Crippen molar-refractivity contribution in [1.82, 2.24) is 35.1 Å². The van der Waals surface area contributed by atoms with Crippen LogP contribution in [0.15, 0.2) is 12.4 Å². The van der Waals surface area contributed by atoms with Gasteiger partial charge >= 0.3 is 5.97 Å². The van der Waals surface area contributed by atoms with Crippen molar-refractivity contribution in [1.29, 1.82) is 0 Å². The van der Waals surface area contributed by atoms with Crippen LogP contribution in [0.5, 0.6) is 0 Å². The van der Waals surface area contributed by atoms with Crippen LogP contribution in [0.1, 0.15) is 53.0 Å². The van der Waals surface area contributed by atoms with Gasteiger partial charge in [-0.05, 0) is 33.4 Å². The summed E-state index contributed by atoms with van der Waals surface area (Å²) in [5, 5.41) is 4.20.